The second-order valence-electron chi connectivity index (χ2n) is 7.61. The Kier molecular flexibility index (Phi) is 7.44. The minimum atomic E-state index is -0.989. The van der Waals surface area contributed by atoms with E-state index in [9.17, 15) is 20.1 Å². The molecule has 3 heterocycles. The molecule has 0 aromatic carbocycles. The van der Waals surface area contributed by atoms with Crippen molar-refractivity contribution in [1.82, 2.24) is 14.5 Å². The molecule has 0 unspecified atom stereocenters. The highest BCUT2D eigenvalue weighted by molar-refractivity contribution is 7.16. The van der Waals surface area contributed by atoms with Crippen LogP contribution in [-0.2, 0) is 4.74 Å². The summed E-state index contributed by atoms with van der Waals surface area (Å²) >= 11 is 0.767. The molecule has 0 bridgehead atoms. The minimum Gasteiger partial charge on any atom is -0.492 e. The van der Waals surface area contributed by atoms with Gasteiger partial charge in [0.1, 0.15) is 10.8 Å². The molecule has 4 atom stereocenters. The number of aliphatic hydroxyl groups excluding tert-OH is 2. The van der Waals surface area contributed by atoms with Gasteiger partial charge in [-0.15, -0.1) is 0 Å². The van der Waals surface area contributed by atoms with Crippen LogP contribution in [0.5, 0.6) is 5.88 Å². The SMILES string of the molecule is CCCCCCCCC[C@@H]1[C@@H](O)[C@H](n2c(=O)sc3c(O)nc(N)nc32)O[C@@H]1CO. The Morgan fingerprint density at radius 3 is 2.55 bits per heavy atom. The van der Waals surface area contributed by atoms with E-state index in [-0.39, 0.29) is 34.7 Å². The number of aliphatic hydroxyl groups is 2. The standard InChI is InChI=1S/C19H30N4O5S/c1-2-3-4-5-6-7-8-9-11-12(10-24)28-17(13(11)25)23-15-14(29-19(23)27)16(26)22-18(20)21-15/h11-13,17,24-25H,2-10H2,1H3,(H3,20,21,22,26)/t11-,12+,13+,17+/m0/s1. The Bertz CT molecular complexity index is 870. The van der Waals surface area contributed by atoms with Crippen LogP contribution in [0.4, 0.5) is 5.95 Å². The molecule has 5 N–H and O–H groups in total. The second kappa shape index (κ2) is 9.84. The molecule has 0 saturated carbocycles. The lowest BCUT2D eigenvalue weighted by molar-refractivity contribution is -0.0501. The number of ether oxygens (including phenoxy) is 1. The Balaban J connectivity index is 1.71. The van der Waals surface area contributed by atoms with Crippen molar-refractivity contribution in [2.75, 3.05) is 12.3 Å². The molecule has 0 spiro atoms. The van der Waals surface area contributed by atoms with Crippen LogP contribution in [0.25, 0.3) is 10.3 Å². The highest BCUT2D eigenvalue weighted by Gasteiger charge is 2.45. The van der Waals surface area contributed by atoms with E-state index < -0.39 is 23.3 Å². The average Bonchev–Trinajstić information content (AvgIpc) is 3.17. The second-order valence-corrected chi connectivity index (χ2v) is 8.57. The van der Waals surface area contributed by atoms with Gasteiger partial charge < -0.3 is 25.8 Å². The van der Waals surface area contributed by atoms with Gasteiger partial charge in [0.25, 0.3) is 0 Å². The normalized spacial score (nSPS) is 24.5. The van der Waals surface area contributed by atoms with Gasteiger partial charge in [0, 0.05) is 5.92 Å². The number of hydrogen-bond acceptors (Lipinski definition) is 9. The number of hydrogen-bond donors (Lipinski definition) is 4. The quantitative estimate of drug-likeness (QED) is 0.423. The Labute approximate surface area is 173 Å². The summed E-state index contributed by atoms with van der Waals surface area (Å²) < 4.78 is 7.24. The number of unbranched alkanes of at least 4 members (excludes halogenated alkanes) is 6. The maximum atomic E-state index is 12.5. The van der Waals surface area contributed by atoms with E-state index in [1.54, 1.807) is 0 Å². The van der Waals surface area contributed by atoms with E-state index in [1.807, 2.05) is 0 Å². The number of thiazole rings is 1. The molecule has 9 nitrogen and oxygen atoms in total. The van der Waals surface area contributed by atoms with E-state index >= 15 is 0 Å². The number of rotatable bonds is 10. The third-order valence-electron chi connectivity index (χ3n) is 5.56. The van der Waals surface area contributed by atoms with Crippen molar-refractivity contribution in [2.45, 2.75) is 76.7 Å². The first kappa shape index (κ1) is 21.9. The maximum Gasteiger partial charge on any atom is 0.311 e. The van der Waals surface area contributed by atoms with Crippen molar-refractivity contribution in [2.24, 2.45) is 5.92 Å². The summed E-state index contributed by atoms with van der Waals surface area (Å²) in [6, 6.07) is 0. The lowest BCUT2D eigenvalue weighted by atomic mass is 9.91. The van der Waals surface area contributed by atoms with Crippen molar-refractivity contribution in [3.8, 4) is 5.88 Å². The number of fused-ring (bicyclic) bond motifs is 1. The number of nitrogens with zero attached hydrogens (tertiary/aromatic N) is 3. The highest BCUT2D eigenvalue weighted by atomic mass is 32.1. The van der Waals surface area contributed by atoms with Gasteiger partial charge in [-0.3, -0.25) is 9.36 Å². The summed E-state index contributed by atoms with van der Waals surface area (Å²) in [5.74, 6) is -0.832. The van der Waals surface area contributed by atoms with Gasteiger partial charge in [-0.1, -0.05) is 63.2 Å². The minimum absolute atomic E-state index is 0.127. The monoisotopic (exact) mass is 426 g/mol. The van der Waals surface area contributed by atoms with Crippen LogP contribution < -0.4 is 10.6 Å². The summed E-state index contributed by atoms with van der Waals surface area (Å²) in [6.45, 7) is 1.95. The lowest BCUT2D eigenvalue weighted by Gasteiger charge is -2.19. The van der Waals surface area contributed by atoms with Crippen molar-refractivity contribution in [1.29, 1.82) is 0 Å². The largest absolute Gasteiger partial charge is 0.492 e. The summed E-state index contributed by atoms with van der Waals surface area (Å²) in [4.78, 5) is 19.8. The molecule has 3 rings (SSSR count). The summed E-state index contributed by atoms with van der Waals surface area (Å²) in [7, 11) is 0. The number of aromatic nitrogens is 3. The molecule has 10 heteroatoms. The van der Waals surface area contributed by atoms with Crippen LogP contribution in [0.2, 0.25) is 0 Å². The first-order valence-corrected chi connectivity index (χ1v) is 11.1. The van der Waals surface area contributed by atoms with Gasteiger partial charge in [0.2, 0.25) is 11.8 Å². The Morgan fingerprint density at radius 1 is 1.17 bits per heavy atom. The Hall–Kier alpha value is -1.75. The highest BCUT2D eigenvalue weighted by Crippen LogP contribution is 2.38. The lowest BCUT2D eigenvalue weighted by Crippen LogP contribution is -2.30. The van der Waals surface area contributed by atoms with Crippen molar-refractivity contribution in [3.05, 3.63) is 9.67 Å². The van der Waals surface area contributed by atoms with Gasteiger partial charge in [-0.2, -0.15) is 9.97 Å². The number of aromatic hydroxyl groups is 1. The first-order valence-electron chi connectivity index (χ1n) is 10.3. The molecular formula is C19H30N4O5S. The molecule has 1 aliphatic heterocycles. The zero-order valence-electron chi connectivity index (χ0n) is 16.7. The fourth-order valence-corrected chi connectivity index (χ4v) is 4.86. The van der Waals surface area contributed by atoms with Crippen molar-refractivity contribution < 1.29 is 20.1 Å². The fraction of sp³-hybridized carbons (Fsp3) is 0.737. The van der Waals surface area contributed by atoms with E-state index in [4.69, 9.17) is 10.5 Å². The maximum absolute atomic E-state index is 12.5. The zero-order chi connectivity index (χ0) is 21.0. The van der Waals surface area contributed by atoms with Crippen LogP contribution in [-0.4, -0.2) is 48.7 Å². The van der Waals surface area contributed by atoms with Crippen LogP contribution in [0, 0.1) is 5.92 Å². The van der Waals surface area contributed by atoms with Crippen LogP contribution in [0.1, 0.15) is 64.5 Å². The predicted molar refractivity (Wildman–Crippen MR) is 111 cm³/mol. The topological polar surface area (TPSA) is 144 Å². The van der Waals surface area contributed by atoms with Crippen LogP contribution in [0.15, 0.2) is 4.79 Å². The summed E-state index contributed by atoms with van der Waals surface area (Å²) in [6.07, 6.45) is 6.26. The van der Waals surface area contributed by atoms with Gasteiger partial charge in [0.15, 0.2) is 11.9 Å². The number of nitrogen functional groups attached to an aromatic ring is 1. The van der Waals surface area contributed by atoms with Crippen molar-refractivity contribution >= 4 is 27.6 Å². The van der Waals surface area contributed by atoms with E-state index in [0.717, 1.165) is 30.6 Å². The molecule has 0 amide bonds. The van der Waals surface area contributed by atoms with E-state index in [1.165, 1.54) is 30.3 Å². The molecule has 2 aromatic heterocycles. The predicted octanol–water partition coefficient (Wildman–Crippen LogP) is 2.15. The van der Waals surface area contributed by atoms with Gasteiger partial charge in [-0.05, 0) is 6.42 Å². The molecule has 0 aliphatic carbocycles. The molecule has 1 saturated heterocycles. The Morgan fingerprint density at radius 2 is 1.86 bits per heavy atom. The molecular weight excluding hydrogens is 396 g/mol. The third kappa shape index (κ3) is 4.71. The molecule has 1 fully saturated rings. The van der Waals surface area contributed by atoms with Crippen LogP contribution in [0.3, 0.4) is 0 Å². The van der Waals surface area contributed by atoms with E-state index in [0.29, 0.717) is 6.42 Å². The van der Waals surface area contributed by atoms with Gasteiger partial charge in [-0.25, -0.2) is 0 Å². The molecule has 162 valence electrons. The van der Waals surface area contributed by atoms with Crippen LogP contribution >= 0.6 is 11.3 Å². The van der Waals surface area contributed by atoms with Gasteiger partial charge in [0.05, 0.1) is 12.7 Å². The number of nitrogens with two attached hydrogens (primary N) is 1. The van der Waals surface area contributed by atoms with Gasteiger partial charge >= 0.3 is 4.87 Å². The summed E-state index contributed by atoms with van der Waals surface area (Å²) in [5, 5.41) is 30.6. The third-order valence-corrected chi connectivity index (χ3v) is 6.50. The zero-order valence-corrected chi connectivity index (χ0v) is 17.5. The smallest absolute Gasteiger partial charge is 0.311 e. The number of anilines is 1. The van der Waals surface area contributed by atoms with E-state index in [2.05, 4.69) is 16.9 Å². The fourth-order valence-electron chi connectivity index (χ4n) is 4.02. The summed E-state index contributed by atoms with van der Waals surface area (Å²) in [5.41, 5.74) is 5.73. The first-order chi connectivity index (χ1) is 14.0. The molecule has 1 aliphatic rings. The average molecular weight is 427 g/mol. The molecule has 0 radical (unpaired) electrons. The molecule has 29 heavy (non-hydrogen) atoms. The van der Waals surface area contributed by atoms with Crippen molar-refractivity contribution in [3.63, 3.8) is 0 Å². The molecule has 2 aromatic rings.